The molecule has 2 atom stereocenters. The summed E-state index contributed by atoms with van der Waals surface area (Å²) >= 11 is 0. The molecule has 0 bridgehead atoms. The van der Waals surface area contributed by atoms with E-state index in [0.29, 0.717) is 17.9 Å². The Bertz CT molecular complexity index is 658. The number of benzene rings is 1. The molecule has 1 aromatic rings. The van der Waals surface area contributed by atoms with Crippen LogP contribution in [0.4, 0.5) is 5.69 Å². The molecule has 0 aliphatic carbocycles. The fraction of sp³-hybridized carbons (Fsp3) is 0.471. The molecule has 1 aliphatic rings. The van der Waals surface area contributed by atoms with E-state index in [9.17, 15) is 19.5 Å². The fourth-order valence-electron chi connectivity index (χ4n) is 2.58. The van der Waals surface area contributed by atoms with Gasteiger partial charge in [-0.3, -0.25) is 4.79 Å². The number of amides is 1. The molecule has 130 valence electrons. The number of nitrogens with one attached hydrogen (secondary N) is 1. The van der Waals surface area contributed by atoms with E-state index in [1.807, 2.05) is 19.9 Å². The summed E-state index contributed by atoms with van der Waals surface area (Å²) in [6.07, 6.45) is 0.634. The average Bonchev–Trinajstić information content (AvgIpc) is 2.50. The van der Waals surface area contributed by atoms with Gasteiger partial charge >= 0.3 is 11.9 Å². The highest BCUT2D eigenvalue weighted by Crippen LogP contribution is 2.32. The van der Waals surface area contributed by atoms with E-state index in [1.165, 1.54) is 0 Å². The number of hydrogen-bond donors (Lipinski definition) is 2. The van der Waals surface area contributed by atoms with Crippen LogP contribution in [0.1, 0.15) is 25.8 Å². The predicted molar refractivity (Wildman–Crippen MR) is 88.0 cm³/mol. The first-order valence-corrected chi connectivity index (χ1v) is 7.90. The summed E-state index contributed by atoms with van der Waals surface area (Å²) in [6.45, 7) is 5.36. The van der Waals surface area contributed by atoms with Crippen molar-refractivity contribution in [2.75, 3.05) is 18.0 Å². The van der Waals surface area contributed by atoms with Gasteiger partial charge in [0.05, 0.1) is 12.2 Å². The van der Waals surface area contributed by atoms with Crippen LogP contribution in [0.15, 0.2) is 18.2 Å². The van der Waals surface area contributed by atoms with Gasteiger partial charge in [0.2, 0.25) is 5.91 Å². The molecule has 0 saturated heterocycles. The number of aliphatic carboxylic acids is 1. The molecule has 24 heavy (non-hydrogen) atoms. The third kappa shape index (κ3) is 4.04. The Kier molecular flexibility index (Phi) is 5.43. The molecule has 0 aromatic heterocycles. The van der Waals surface area contributed by atoms with Crippen molar-refractivity contribution in [2.45, 2.75) is 33.2 Å². The largest absolute Gasteiger partial charge is 0.480 e. The van der Waals surface area contributed by atoms with Crippen molar-refractivity contribution in [3.63, 3.8) is 0 Å². The number of anilines is 1. The molecular formula is C17H22N2O5. The van der Waals surface area contributed by atoms with Crippen molar-refractivity contribution in [3.05, 3.63) is 23.8 Å². The Morgan fingerprint density at radius 3 is 2.75 bits per heavy atom. The van der Waals surface area contributed by atoms with Gasteiger partial charge < -0.3 is 20.1 Å². The summed E-state index contributed by atoms with van der Waals surface area (Å²) in [5.41, 5.74) is 1.58. The maximum Gasteiger partial charge on any atom is 0.331 e. The maximum absolute atomic E-state index is 12.3. The lowest BCUT2D eigenvalue weighted by molar-refractivity contribution is -0.143. The third-order valence-electron chi connectivity index (χ3n) is 4.13. The molecule has 2 N–H and O–H groups in total. The van der Waals surface area contributed by atoms with Gasteiger partial charge in [-0.05, 0) is 30.5 Å². The van der Waals surface area contributed by atoms with Crippen LogP contribution in [0, 0.1) is 12.8 Å². The second-order valence-corrected chi connectivity index (χ2v) is 6.07. The Morgan fingerprint density at radius 2 is 2.12 bits per heavy atom. The zero-order chi connectivity index (χ0) is 17.9. The second kappa shape index (κ2) is 7.33. The molecule has 1 amide bonds. The van der Waals surface area contributed by atoms with Crippen molar-refractivity contribution in [3.8, 4) is 5.75 Å². The van der Waals surface area contributed by atoms with Gasteiger partial charge in [-0.2, -0.15) is 0 Å². The smallest absolute Gasteiger partial charge is 0.331 e. The Hall–Kier alpha value is -2.57. The molecule has 1 aliphatic heterocycles. The third-order valence-corrected chi connectivity index (χ3v) is 4.13. The minimum absolute atomic E-state index is 0.0510. The molecule has 0 spiro atoms. The lowest BCUT2D eigenvalue weighted by Crippen LogP contribution is -2.50. The number of ether oxygens (including phenoxy) is 1. The lowest BCUT2D eigenvalue weighted by Gasteiger charge is -2.30. The molecular weight excluding hydrogens is 312 g/mol. The lowest BCUT2D eigenvalue weighted by atomic mass is 9.99. The first-order valence-electron chi connectivity index (χ1n) is 7.90. The van der Waals surface area contributed by atoms with E-state index < -0.39 is 23.9 Å². The topological polar surface area (TPSA) is 95.9 Å². The molecule has 0 saturated carbocycles. The summed E-state index contributed by atoms with van der Waals surface area (Å²) in [5, 5.41) is 11.8. The van der Waals surface area contributed by atoms with Crippen molar-refractivity contribution >= 4 is 23.5 Å². The van der Waals surface area contributed by atoms with Gasteiger partial charge in [-0.1, -0.05) is 26.3 Å². The summed E-state index contributed by atoms with van der Waals surface area (Å²) in [4.78, 5) is 36.9. The standard InChI is InChI=1S/C17H22N2O5/c1-4-11(3)16(17(22)23)18-14(20)8-19-9-15(21)24-13-7-10(2)5-6-12(13)19/h5-7,11,16H,4,8-9H2,1-3H3,(H,18,20)(H,22,23). The summed E-state index contributed by atoms with van der Waals surface area (Å²) in [6, 6.07) is 4.43. The summed E-state index contributed by atoms with van der Waals surface area (Å²) < 4.78 is 5.19. The number of fused-ring (bicyclic) bond motifs is 1. The number of aryl methyl sites for hydroxylation is 1. The molecule has 2 rings (SSSR count). The second-order valence-electron chi connectivity index (χ2n) is 6.07. The van der Waals surface area contributed by atoms with Gasteiger partial charge in [0.15, 0.2) is 5.75 Å². The first kappa shape index (κ1) is 17.8. The number of esters is 1. The Morgan fingerprint density at radius 1 is 1.42 bits per heavy atom. The number of carboxylic acids is 1. The number of carbonyl (C=O) groups is 3. The van der Waals surface area contributed by atoms with Crippen molar-refractivity contribution in [1.82, 2.24) is 5.32 Å². The minimum atomic E-state index is -1.06. The predicted octanol–water partition coefficient (Wildman–Crippen LogP) is 1.34. The highest BCUT2D eigenvalue weighted by Gasteiger charge is 2.29. The van der Waals surface area contributed by atoms with E-state index in [2.05, 4.69) is 5.32 Å². The van der Waals surface area contributed by atoms with Crippen molar-refractivity contribution in [1.29, 1.82) is 0 Å². The number of hydrogen-bond acceptors (Lipinski definition) is 5. The monoisotopic (exact) mass is 334 g/mol. The molecule has 1 aromatic carbocycles. The van der Waals surface area contributed by atoms with Gasteiger partial charge in [0.25, 0.3) is 0 Å². The molecule has 2 unspecified atom stereocenters. The SMILES string of the molecule is CCC(C)C(NC(=O)CN1CC(=O)Oc2cc(C)ccc21)C(=O)O. The van der Waals surface area contributed by atoms with Crippen LogP contribution < -0.4 is 15.0 Å². The number of nitrogens with zero attached hydrogens (tertiary/aromatic N) is 1. The van der Waals surface area contributed by atoms with E-state index in [0.717, 1.165) is 5.56 Å². The van der Waals surface area contributed by atoms with Crippen LogP contribution in [0.2, 0.25) is 0 Å². The summed E-state index contributed by atoms with van der Waals surface area (Å²) in [7, 11) is 0. The number of carboxylic acid groups (broad SMARTS) is 1. The van der Waals surface area contributed by atoms with E-state index in [4.69, 9.17) is 4.74 Å². The minimum Gasteiger partial charge on any atom is -0.480 e. The van der Waals surface area contributed by atoms with Gasteiger partial charge in [-0.15, -0.1) is 0 Å². The molecule has 7 nitrogen and oxygen atoms in total. The van der Waals surface area contributed by atoms with E-state index in [-0.39, 0.29) is 19.0 Å². The quantitative estimate of drug-likeness (QED) is 0.602. The van der Waals surface area contributed by atoms with Crippen LogP contribution in [-0.4, -0.2) is 42.1 Å². The van der Waals surface area contributed by atoms with Crippen LogP contribution in [0.25, 0.3) is 0 Å². The van der Waals surface area contributed by atoms with Crippen LogP contribution >= 0.6 is 0 Å². The molecule has 1 heterocycles. The molecule has 7 heteroatoms. The summed E-state index contributed by atoms with van der Waals surface area (Å²) in [5.74, 6) is -1.73. The van der Waals surface area contributed by atoms with Crippen LogP contribution in [0.3, 0.4) is 0 Å². The van der Waals surface area contributed by atoms with E-state index >= 15 is 0 Å². The maximum atomic E-state index is 12.3. The van der Waals surface area contributed by atoms with Crippen molar-refractivity contribution in [2.24, 2.45) is 5.92 Å². The molecule has 0 radical (unpaired) electrons. The highest BCUT2D eigenvalue weighted by atomic mass is 16.5. The van der Waals surface area contributed by atoms with Crippen LogP contribution in [-0.2, 0) is 14.4 Å². The zero-order valence-corrected chi connectivity index (χ0v) is 14.0. The normalized spacial score (nSPS) is 16.0. The van der Waals surface area contributed by atoms with Crippen LogP contribution in [0.5, 0.6) is 5.75 Å². The zero-order valence-electron chi connectivity index (χ0n) is 14.0. The average molecular weight is 334 g/mol. The van der Waals surface area contributed by atoms with Gasteiger partial charge in [-0.25, -0.2) is 9.59 Å². The fourth-order valence-corrected chi connectivity index (χ4v) is 2.58. The highest BCUT2D eigenvalue weighted by molar-refractivity contribution is 5.91. The van der Waals surface area contributed by atoms with Gasteiger partial charge in [0.1, 0.15) is 12.6 Å². The number of rotatable bonds is 6. The molecule has 0 fully saturated rings. The first-order chi connectivity index (χ1) is 11.3. The van der Waals surface area contributed by atoms with Gasteiger partial charge in [0, 0.05) is 0 Å². The van der Waals surface area contributed by atoms with Crippen molar-refractivity contribution < 1.29 is 24.2 Å². The van der Waals surface area contributed by atoms with E-state index in [1.54, 1.807) is 24.0 Å². The number of carbonyl (C=O) groups excluding carboxylic acids is 2. The Labute approximate surface area is 140 Å². The Balaban J connectivity index is 2.12.